The lowest BCUT2D eigenvalue weighted by molar-refractivity contribution is -0.117. The minimum atomic E-state index is -4.09. The molecule has 2 N–H and O–H groups in total. The van der Waals surface area contributed by atoms with Gasteiger partial charge in [0.1, 0.15) is 5.82 Å². The Hall–Kier alpha value is -1.60. The molecule has 4 nitrogen and oxygen atoms in total. The molecule has 0 aliphatic heterocycles. The number of anilines is 2. The molecule has 0 saturated carbocycles. The fraction of sp³-hybridized carbons (Fsp3) is 0.636. The maximum atomic E-state index is 12.8. The lowest BCUT2D eigenvalue weighted by Crippen LogP contribution is -2.35. The molecular formula is C11H16F4N4. The van der Waals surface area contributed by atoms with Crippen molar-refractivity contribution in [1.82, 2.24) is 9.97 Å². The van der Waals surface area contributed by atoms with Gasteiger partial charge in [0, 0.05) is 18.3 Å². The highest BCUT2D eigenvalue weighted by molar-refractivity contribution is 5.46. The van der Waals surface area contributed by atoms with E-state index >= 15 is 0 Å². The first kappa shape index (κ1) is 15.5. The summed E-state index contributed by atoms with van der Waals surface area (Å²) in [6.07, 6.45) is -1.42. The molecule has 0 amide bonds. The van der Waals surface area contributed by atoms with Crippen LogP contribution in [0.2, 0.25) is 0 Å². The number of aromatic nitrogens is 2. The smallest absolute Gasteiger partial charge is 0.324 e. The van der Waals surface area contributed by atoms with Crippen molar-refractivity contribution in [1.29, 1.82) is 0 Å². The van der Waals surface area contributed by atoms with E-state index in [1.807, 2.05) is 6.92 Å². The van der Waals surface area contributed by atoms with Crippen LogP contribution in [0, 0.1) is 6.92 Å². The second-order valence-corrected chi connectivity index (χ2v) is 4.07. The topological polar surface area (TPSA) is 49.8 Å². The van der Waals surface area contributed by atoms with Crippen LogP contribution in [0.25, 0.3) is 0 Å². The first-order valence-electron chi connectivity index (χ1n) is 5.84. The molecule has 0 spiro atoms. The fourth-order valence-corrected chi connectivity index (χ4v) is 1.22. The third kappa shape index (κ3) is 4.53. The summed E-state index contributed by atoms with van der Waals surface area (Å²) in [5.41, 5.74) is 0.507. The van der Waals surface area contributed by atoms with Crippen molar-refractivity contribution in [2.24, 2.45) is 0 Å². The molecule has 0 aliphatic rings. The molecule has 108 valence electrons. The molecule has 0 bridgehead atoms. The van der Waals surface area contributed by atoms with Gasteiger partial charge in [-0.05, 0) is 13.3 Å². The van der Waals surface area contributed by atoms with Gasteiger partial charge in [0.05, 0.1) is 6.54 Å². The number of rotatable bonds is 7. The van der Waals surface area contributed by atoms with E-state index < -0.39 is 18.9 Å². The van der Waals surface area contributed by atoms with Gasteiger partial charge < -0.3 is 10.6 Å². The molecule has 8 heteroatoms. The summed E-state index contributed by atoms with van der Waals surface area (Å²) >= 11 is 0. The predicted molar refractivity (Wildman–Crippen MR) is 65.0 cm³/mol. The molecule has 0 fully saturated rings. The van der Waals surface area contributed by atoms with E-state index in [0.29, 0.717) is 12.1 Å². The van der Waals surface area contributed by atoms with Crippen molar-refractivity contribution in [2.45, 2.75) is 32.6 Å². The number of nitrogens with one attached hydrogen (secondary N) is 2. The average molecular weight is 280 g/mol. The minimum Gasteiger partial charge on any atom is -0.363 e. The molecule has 0 radical (unpaired) electrons. The van der Waals surface area contributed by atoms with Gasteiger partial charge in [0.2, 0.25) is 5.95 Å². The molecule has 1 aromatic rings. The summed E-state index contributed by atoms with van der Waals surface area (Å²) in [7, 11) is 0. The van der Waals surface area contributed by atoms with Gasteiger partial charge in [0.15, 0.2) is 0 Å². The van der Waals surface area contributed by atoms with Crippen molar-refractivity contribution in [3.63, 3.8) is 0 Å². The maximum Gasteiger partial charge on any atom is 0.324 e. The molecule has 0 atom stereocenters. The standard InChI is InChI=1S/C11H16F4N4/c1-3-4-16-10-17-5-7(2)8(19-10)18-6-11(14,15)9(12)13/h5,9H,3-4,6H2,1-2H3,(H2,16,17,18,19). The van der Waals surface area contributed by atoms with Crippen molar-refractivity contribution in [3.05, 3.63) is 11.8 Å². The fourth-order valence-electron chi connectivity index (χ4n) is 1.22. The lowest BCUT2D eigenvalue weighted by Gasteiger charge is -2.17. The molecule has 0 unspecified atom stereocenters. The molecule has 1 aromatic heterocycles. The average Bonchev–Trinajstić information content (AvgIpc) is 2.36. The van der Waals surface area contributed by atoms with Gasteiger partial charge in [-0.2, -0.15) is 13.8 Å². The van der Waals surface area contributed by atoms with Crippen molar-refractivity contribution >= 4 is 11.8 Å². The summed E-state index contributed by atoms with van der Waals surface area (Å²) in [6, 6.07) is 0. The molecule has 0 saturated heterocycles. The van der Waals surface area contributed by atoms with Crippen LogP contribution in [0.4, 0.5) is 29.3 Å². The van der Waals surface area contributed by atoms with Gasteiger partial charge in [-0.15, -0.1) is 0 Å². The van der Waals surface area contributed by atoms with Crippen molar-refractivity contribution < 1.29 is 17.6 Å². The summed E-state index contributed by atoms with van der Waals surface area (Å²) in [5, 5.41) is 5.11. The Kier molecular flexibility index (Phi) is 5.31. The van der Waals surface area contributed by atoms with Crippen LogP contribution < -0.4 is 10.6 Å². The van der Waals surface area contributed by atoms with E-state index in [2.05, 4.69) is 20.6 Å². The van der Waals surface area contributed by atoms with E-state index in [1.165, 1.54) is 6.20 Å². The second kappa shape index (κ2) is 6.53. The van der Waals surface area contributed by atoms with Crippen LogP contribution >= 0.6 is 0 Å². The Bertz CT molecular complexity index is 412. The Morgan fingerprint density at radius 3 is 2.58 bits per heavy atom. The first-order valence-corrected chi connectivity index (χ1v) is 5.84. The number of aryl methyl sites for hydroxylation is 1. The van der Waals surface area contributed by atoms with Crippen LogP contribution in [0.1, 0.15) is 18.9 Å². The Morgan fingerprint density at radius 2 is 2.00 bits per heavy atom. The summed E-state index contributed by atoms with van der Waals surface area (Å²) < 4.78 is 49.6. The second-order valence-electron chi connectivity index (χ2n) is 4.07. The van der Waals surface area contributed by atoms with E-state index in [1.54, 1.807) is 6.92 Å². The zero-order valence-electron chi connectivity index (χ0n) is 10.7. The molecular weight excluding hydrogens is 264 g/mol. The van der Waals surface area contributed by atoms with Gasteiger partial charge >= 0.3 is 12.3 Å². The SMILES string of the molecule is CCCNc1ncc(C)c(NCC(F)(F)C(F)F)n1. The lowest BCUT2D eigenvalue weighted by atomic mass is 10.3. The summed E-state index contributed by atoms with van der Waals surface area (Å²) in [5.74, 6) is -3.70. The minimum absolute atomic E-state index is 0.119. The highest BCUT2D eigenvalue weighted by Gasteiger charge is 2.40. The monoisotopic (exact) mass is 280 g/mol. The van der Waals surface area contributed by atoms with Crippen LogP contribution in [0.5, 0.6) is 0 Å². The summed E-state index contributed by atoms with van der Waals surface area (Å²) in [6.45, 7) is 3.02. The molecule has 1 rings (SSSR count). The Labute approximate surface area is 108 Å². The van der Waals surface area contributed by atoms with E-state index in [-0.39, 0.29) is 11.8 Å². The van der Waals surface area contributed by atoms with Crippen LogP contribution in [0.15, 0.2) is 6.20 Å². The zero-order chi connectivity index (χ0) is 14.5. The van der Waals surface area contributed by atoms with Crippen LogP contribution in [-0.4, -0.2) is 35.4 Å². The normalized spacial score (nSPS) is 11.7. The van der Waals surface area contributed by atoms with Gasteiger partial charge in [-0.25, -0.2) is 13.8 Å². The molecule has 1 heterocycles. The Balaban J connectivity index is 2.71. The maximum absolute atomic E-state index is 12.8. The third-order valence-corrected chi connectivity index (χ3v) is 2.32. The zero-order valence-corrected chi connectivity index (χ0v) is 10.7. The molecule has 19 heavy (non-hydrogen) atoms. The quantitative estimate of drug-likeness (QED) is 0.754. The van der Waals surface area contributed by atoms with Crippen LogP contribution in [0.3, 0.4) is 0 Å². The summed E-state index contributed by atoms with van der Waals surface area (Å²) in [4.78, 5) is 7.92. The highest BCUT2D eigenvalue weighted by Crippen LogP contribution is 2.23. The number of nitrogens with zero attached hydrogens (tertiary/aromatic N) is 2. The largest absolute Gasteiger partial charge is 0.363 e. The molecule has 0 aliphatic carbocycles. The van der Waals surface area contributed by atoms with Crippen molar-refractivity contribution in [2.75, 3.05) is 23.7 Å². The highest BCUT2D eigenvalue weighted by atomic mass is 19.3. The van der Waals surface area contributed by atoms with E-state index in [9.17, 15) is 17.6 Å². The van der Waals surface area contributed by atoms with E-state index in [4.69, 9.17) is 0 Å². The third-order valence-electron chi connectivity index (χ3n) is 2.32. The van der Waals surface area contributed by atoms with Crippen molar-refractivity contribution in [3.8, 4) is 0 Å². The Morgan fingerprint density at radius 1 is 1.32 bits per heavy atom. The number of hydrogen-bond donors (Lipinski definition) is 2. The van der Waals surface area contributed by atoms with Gasteiger partial charge in [0.25, 0.3) is 0 Å². The first-order chi connectivity index (χ1) is 8.86. The van der Waals surface area contributed by atoms with E-state index in [0.717, 1.165) is 6.42 Å². The number of hydrogen-bond acceptors (Lipinski definition) is 4. The predicted octanol–water partition coefficient (Wildman–Crippen LogP) is 2.92. The molecule has 0 aromatic carbocycles. The van der Waals surface area contributed by atoms with Crippen LogP contribution in [-0.2, 0) is 0 Å². The number of halogens is 4. The van der Waals surface area contributed by atoms with Gasteiger partial charge in [-0.1, -0.05) is 6.92 Å². The van der Waals surface area contributed by atoms with Gasteiger partial charge in [-0.3, -0.25) is 0 Å². The number of alkyl halides is 4.